The van der Waals surface area contributed by atoms with Gasteiger partial charge in [0.15, 0.2) is 0 Å². The van der Waals surface area contributed by atoms with E-state index in [1.54, 1.807) is 12.1 Å². The molecule has 0 bridgehead atoms. The average Bonchev–Trinajstić information content (AvgIpc) is 2.94. The van der Waals surface area contributed by atoms with Crippen LogP contribution in [0, 0.1) is 0 Å². The van der Waals surface area contributed by atoms with Crippen molar-refractivity contribution in [2.45, 2.75) is 37.3 Å². The minimum Gasteiger partial charge on any atom is -0.478 e. The maximum Gasteiger partial charge on any atom is 0.335 e. The molecule has 1 aliphatic carbocycles. The molecule has 0 aromatic heterocycles. The first-order valence-corrected chi connectivity index (χ1v) is 12.6. The van der Waals surface area contributed by atoms with E-state index >= 15 is 0 Å². The summed E-state index contributed by atoms with van der Waals surface area (Å²) in [6.45, 7) is 4.26. The zero-order valence-electron chi connectivity index (χ0n) is 20.4. The van der Waals surface area contributed by atoms with Gasteiger partial charge in [-0.1, -0.05) is 54.6 Å². The average molecular weight is 471 g/mol. The van der Waals surface area contributed by atoms with Gasteiger partial charge in [0.25, 0.3) is 0 Å². The van der Waals surface area contributed by atoms with Crippen molar-refractivity contribution < 1.29 is 14.6 Å². The lowest BCUT2D eigenvalue weighted by Gasteiger charge is -2.46. The van der Waals surface area contributed by atoms with Gasteiger partial charge in [0.05, 0.1) is 11.2 Å². The number of carbonyl (C=O) groups is 1. The van der Waals surface area contributed by atoms with E-state index in [1.807, 2.05) is 19.2 Å². The molecule has 2 aliphatic rings. The quantitative estimate of drug-likeness (QED) is 0.504. The van der Waals surface area contributed by atoms with E-state index in [0.717, 1.165) is 50.1 Å². The van der Waals surface area contributed by atoms with E-state index in [2.05, 4.69) is 64.4 Å². The standard InChI is InChI=1S/C30H34N2O3/c1-35-30(26-5-3-2-4-6-26)17-15-28(16-18-30)32-21-19-31(20-22-32)27-13-11-24(12-14-27)23-7-9-25(10-8-23)29(33)34/h2-14,28H,15-22H2,1H3,(H,33,34)/t28-,30-. The molecule has 0 spiro atoms. The minimum absolute atomic E-state index is 0.130. The van der Waals surface area contributed by atoms with Gasteiger partial charge in [0, 0.05) is 45.0 Å². The second kappa shape index (κ2) is 10.2. The molecule has 0 radical (unpaired) electrons. The number of benzene rings is 3. The summed E-state index contributed by atoms with van der Waals surface area (Å²) in [7, 11) is 1.86. The number of aromatic carboxylic acids is 1. The normalized spacial score (nSPS) is 23.2. The van der Waals surface area contributed by atoms with Crippen LogP contribution < -0.4 is 4.90 Å². The van der Waals surface area contributed by atoms with Gasteiger partial charge in [0.1, 0.15) is 0 Å². The summed E-state index contributed by atoms with van der Waals surface area (Å²) >= 11 is 0. The van der Waals surface area contributed by atoms with Crippen molar-refractivity contribution >= 4 is 11.7 Å². The third-order valence-electron chi connectivity index (χ3n) is 7.98. The molecule has 5 rings (SSSR count). The second-order valence-corrected chi connectivity index (χ2v) is 9.75. The molecule has 1 saturated heterocycles. The van der Waals surface area contributed by atoms with E-state index in [1.165, 1.54) is 24.1 Å². The Balaban J connectivity index is 1.15. The highest BCUT2D eigenvalue weighted by atomic mass is 16.5. The minimum atomic E-state index is -0.895. The van der Waals surface area contributed by atoms with Gasteiger partial charge in [0.2, 0.25) is 0 Å². The highest BCUT2D eigenvalue weighted by molar-refractivity contribution is 5.88. The van der Waals surface area contributed by atoms with Gasteiger partial charge in [-0.2, -0.15) is 0 Å². The Labute approximate surface area is 208 Å². The Morgan fingerprint density at radius 3 is 1.94 bits per heavy atom. The first kappa shape index (κ1) is 23.6. The molecule has 3 aromatic carbocycles. The van der Waals surface area contributed by atoms with Crippen LogP contribution in [0.25, 0.3) is 11.1 Å². The first-order valence-electron chi connectivity index (χ1n) is 12.6. The number of nitrogens with zero attached hydrogens (tertiary/aromatic N) is 2. The molecule has 1 saturated carbocycles. The van der Waals surface area contributed by atoms with Gasteiger partial charge >= 0.3 is 5.97 Å². The molecule has 1 aliphatic heterocycles. The number of carboxylic acids is 1. The Hall–Kier alpha value is -3.15. The number of methoxy groups -OCH3 is 1. The third kappa shape index (κ3) is 4.97. The van der Waals surface area contributed by atoms with Crippen LogP contribution >= 0.6 is 0 Å². The SMILES string of the molecule is CO[C@]1(c2ccccc2)CC[C@@H](N2CCN(c3ccc(-c4ccc(C(=O)O)cc4)cc3)CC2)CC1. The van der Waals surface area contributed by atoms with Crippen molar-refractivity contribution in [2.24, 2.45) is 0 Å². The first-order chi connectivity index (χ1) is 17.1. The number of hydrogen-bond donors (Lipinski definition) is 1. The lowest BCUT2D eigenvalue weighted by atomic mass is 9.77. The summed E-state index contributed by atoms with van der Waals surface area (Å²) in [6.07, 6.45) is 4.51. The van der Waals surface area contributed by atoms with Crippen LogP contribution in [0.15, 0.2) is 78.9 Å². The van der Waals surface area contributed by atoms with Crippen LogP contribution in [0.4, 0.5) is 5.69 Å². The second-order valence-electron chi connectivity index (χ2n) is 9.75. The molecule has 182 valence electrons. The molecule has 1 heterocycles. The van der Waals surface area contributed by atoms with Crippen molar-refractivity contribution in [1.29, 1.82) is 0 Å². The Morgan fingerprint density at radius 2 is 1.40 bits per heavy atom. The maximum absolute atomic E-state index is 11.1. The predicted octanol–water partition coefficient (Wildman–Crippen LogP) is 5.66. The number of carboxylic acid groups (broad SMARTS) is 1. The molecule has 35 heavy (non-hydrogen) atoms. The van der Waals surface area contributed by atoms with E-state index in [-0.39, 0.29) is 5.60 Å². The molecule has 0 amide bonds. The highest BCUT2D eigenvalue weighted by Crippen LogP contribution is 2.41. The van der Waals surface area contributed by atoms with E-state index < -0.39 is 5.97 Å². The summed E-state index contributed by atoms with van der Waals surface area (Å²) < 4.78 is 6.08. The summed E-state index contributed by atoms with van der Waals surface area (Å²) in [5.74, 6) is -0.895. The monoisotopic (exact) mass is 470 g/mol. The number of piperazine rings is 1. The fourth-order valence-electron chi connectivity index (χ4n) is 5.80. The predicted molar refractivity (Wildman–Crippen MR) is 140 cm³/mol. The van der Waals surface area contributed by atoms with Crippen LogP contribution in [0.3, 0.4) is 0 Å². The third-order valence-corrected chi connectivity index (χ3v) is 7.98. The highest BCUT2D eigenvalue weighted by Gasteiger charge is 2.39. The van der Waals surface area contributed by atoms with Crippen LogP contribution in [-0.2, 0) is 10.3 Å². The number of rotatable bonds is 6. The summed E-state index contributed by atoms with van der Waals surface area (Å²) in [5, 5.41) is 9.10. The van der Waals surface area contributed by atoms with Gasteiger partial charge in [-0.3, -0.25) is 4.90 Å². The molecular weight excluding hydrogens is 436 g/mol. The van der Waals surface area contributed by atoms with Crippen LogP contribution in [0.5, 0.6) is 0 Å². The molecular formula is C30H34N2O3. The van der Waals surface area contributed by atoms with Crippen molar-refractivity contribution in [1.82, 2.24) is 4.90 Å². The van der Waals surface area contributed by atoms with E-state index in [4.69, 9.17) is 9.84 Å². The maximum atomic E-state index is 11.1. The smallest absolute Gasteiger partial charge is 0.335 e. The van der Waals surface area contributed by atoms with E-state index in [0.29, 0.717) is 11.6 Å². The molecule has 0 unspecified atom stereocenters. The van der Waals surface area contributed by atoms with Crippen molar-refractivity contribution in [3.05, 3.63) is 90.0 Å². The van der Waals surface area contributed by atoms with Gasteiger partial charge in [-0.05, 0) is 66.6 Å². The summed E-state index contributed by atoms with van der Waals surface area (Å²) in [5.41, 5.74) is 4.88. The largest absolute Gasteiger partial charge is 0.478 e. The molecule has 0 atom stereocenters. The van der Waals surface area contributed by atoms with Gasteiger partial charge in [-0.25, -0.2) is 4.79 Å². The molecule has 3 aromatic rings. The zero-order valence-corrected chi connectivity index (χ0v) is 20.4. The van der Waals surface area contributed by atoms with Crippen LogP contribution in [0.1, 0.15) is 41.6 Å². The number of anilines is 1. The fourth-order valence-corrected chi connectivity index (χ4v) is 5.80. The van der Waals surface area contributed by atoms with Gasteiger partial charge < -0.3 is 14.7 Å². The lowest BCUT2D eigenvalue weighted by molar-refractivity contribution is -0.0614. The Kier molecular flexibility index (Phi) is 6.89. The van der Waals surface area contributed by atoms with E-state index in [9.17, 15) is 4.79 Å². The number of hydrogen-bond acceptors (Lipinski definition) is 4. The summed E-state index contributed by atoms with van der Waals surface area (Å²) in [4.78, 5) is 16.2. The zero-order chi connectivity index (χ0) is 24.3. The van der Waals surface area contributed by atoms with Gasteiger partial charge in [-0.15, -0.1) is 0 Å². The number of ether oxygens (including phenoxy) is 1. The molecule has 1 N–H and O–H groups in total. The fraction of sp³-hybridized carbons (Fsp3) is 0.367. The van der Waals surface area contributed by atoms with Crippen LogP contribution in [-0.4, -0.2) is 55.3 Å². The molecule has 2 fully saturated rings. The molecule has 5 nitrogen and oxygen atoms in total. The summed E-state index contributed by atoms with van der Waals surface area (Å²) in [6, 6.07) is 27.1. The lowest BCUT2D eigenvalue weighted by Crippen LogP contribution is -2.52. The van der Waals surface area contributed by atoms with Crippen molar-refractivity contribution in [2.75, 3.05) is 38.2 Å². The Bertz CT molecular complexity index is 1110. The Morgan fingerprint density at radius 1 is 0.829 bits per heavy atom. The van der Waals surface area contributed by atoms with Crippen LogP contribution in [0.2, 0.25) is 0 Å². The van der Waals surface area contributed by atoms with Crippen molar-refractivity contribution in [3.8, 4) is 11.1 Å². The van der Waals surface area contributed by atoms with Crippen molar-refractivity contribution in [3.63, 3.8) is 0 Å². The topological polar surface area (TPSA) is 53.0 Å². The molecule has 5 heteroatoms.